The van der Waals surface area contributed by atoms with E-state index in [2.05, 4.69) is 40.7 Å². The molecule has 4 saturated carbocycles. The molecule has 6 rings (SSSR count). The third kappa shape index (κ3) is 7.10. The van der Waals surface area contributed by atoms with E-state index in [1.165, 1.54) is 5.57 Å². The van der Waals surface area contributed by atoms with Gasteiger partial charge in [0.2, 0.25) is 0 Å². The standard InChI is InChI=1S/C42H72O13/c1-21(2)10-9-14-42(8,55-37-35(51)33(49)31(47)25(20-44)53-37)22-11-16-41(7)29(22)23(45)18-27-39(5)15-13-28(38(3,4)26(39)12-17-40(27,41)6)54-36-34(50)32(48)30(46)24(19-43)52-36/h10,22-37,43-51H,9,11-20H2,1-8H3/t22?,23?,24-,25-,26?,27?,28?,29?,30-,31-,32-,33-,34-,35-,36+,37+,39?,40?,41?,42?/m1/s1. The molecule has 0 aromatic heterocycles. The fourth-order valence-electron chi connectivity index (χ4n) is 13.4. The highest BCUT2D eigenvalue weighted by Gasteiger charge is 2.72. The second-order valence-corrected chi connectivity index (χ2v) is 20.1. The van der Waals surface area contributed by atoms with Crippen molar-refractivity contribution >= 4 is 0 Å². The lowest BCUT2D eigenvalue weighted by Crippen LogP contribution is -2.67. The molecule has 2 saturated heterocycles. The molecular weight excluding hydrogens is 712 g/mol. The molecule has 55 heavy (non-hydrogen) atoms. The molecular formula is C42H72O13. The Labute approximate surface area is 327 Å². The summed E-state index contributed by atoms with van der Waals surface area (Å²) >= 11 is 0. The van der Waals surface area contributed by atoms with Crippen LogP contribution in [0.3, 0.4) is 0 Å². The van der Waals surface area contributed by atoms with Gasteiger partial charge in [0, 0.05) is 0 Å². The molecule has 6 aliphatic rings. The summed E-state index contributed by atoms with van der Waals surface area (Å²) in [4.78, 5) is 0. The van der Waals surface area contributed by atoms with Crippen LogP contribution >= 0.6 is 0 Å². The Balaban J connectivity index is 1.26. The van der Waals surface area contributed by atoms with Crippen molar-refractivity contribution in [3.63, 3.8) is 0 Å². The van der Waals surface area contributed by atoms with Gasteiger partial charge < -0.3 is 64.9 Å². The molecule has 13 heteroatoms. The normalized spacial score (nSPS) is 52.0. The zero-order chi connectivity index (χ0) is 40.6. The number of hydrogen-bond donors (Lipinski definition) is 9. The van der Waals surface area contributed by atoms with E-state index in [4.69, 9.17) is 18.9 Å². The van der Waals surface area contributed by atoms with E-state index in [1.54, 1.807) is 0 Å². The van der Waals surface area contributed by atoms with Crippen molar-refractivity contribution < 1.29 is 64.9 Å². The number of rotatable bonds is 10. The van der Waals surface area contributed by atoms with E-state index in [0.29, 0.717) is 25.7 Å². The van der Waals surface area contributed by atoms with Gasteiger partial charge in [0.15, 0.2) is 12.6 Å². The molecule has 0 aromatic carbocycles. The summed E-state index contributed by atoms with van der Waals surface area (Å²) in [7, 11) is 0. The quantitative estimate of drug-likeness (QED) is 0.115. The van der Waals surface area contributed by atoms with Gasteiger partial charge in [-0.25, -0.2) is 0 Å². The molecule has 318 valence electrons. The van der Waals surface area contributed by atoms with Gasteiger partial charge in [-0.05, 0) is 124 Å². The number of allylic oxidation sites excluding steroid dienone is 2. The van der Waals surface area contributed by atoms with Gasteiger partial charge in [0.1, 0.15) is 48.8 Å². The minimum atomic E-state index is -1.55. The predicted molar refractivity (Wildman–Crippen MR) is 201 cm³/mol. The molecule has 0 spiro atoms. The zero-order valence-corrected chi connectivity index (χ0v) is 34.3. The van der Waals surface area contributed by atoms with Crippen LogP contribution in [0.1, 0.15) is 113 Å². The van der Waals surface area contributed by atoms with Gasteiger partial charge >= 0.3 is 0 Å². The smallest absolute Gasteiger partial charge is 0.187 e. The third-order valence-corrected chi connectivity index (χ3v) is 16.7. The first kappa shape index (κ1) is 43.8. The van der Waals surface area contributed by atoms with Crippen molar-refractivity contribution in [1.29, 1.82) is 0 Å². The number of aliphatic hydroxyl groups is 9. The van der Waals surface area contributed by atoms with Gasteiger partial charge in [-0.2, -0.15) is 0 Å². The summed E-state index contributed by atoms with van der Waals surface area (Å²) in [5, 5.41) is 95.9. The topological polar surface area (TPSA) is 219 Å². The Morgan fingerprint density at radius 1 is 0.709 bits per heavy atom. The molecule has 4 aliphatic carbocycles. The van der Waals surface area contributed by atoms with Gasteiger partial charge in [-0.1, -0.05) is 46.3 Å². The summed E-state index contributed by atoms with van der Waals surface area (Å²) in [6.45, 7) is 16.6. The van der Waals surface area contributed by atoms with Crippen LogP contribution in [0.5, 0.6) is 0 Å². The predicted octanol–water partition coefficient (Wildman–Crippen LogP) is 2.15. The Bertz CT molecular complexity index is 1370. The summed E-state index contributed by atoms with van der Waals surface area (Å²) in [6, 6.07) is 0. The van der Waals surface area contributed by atoms with E-state index < -0.39 is 86.3 Å². The van der Waals surface area contributed by atoms with Crippen LogP contribution in [0.15, 0.2) is 11.6 Å². The summed E-state index contributed by atoms with van der Waals surface area (Å²) < 4.78 is 24.9. The molecule has 0 bridgehead atoms. The fourth-order valence-corrected chi connectivity index (χ4v) is 13.4. The van der Waals surface area contributed by atoms with Crippen LogP contribution in [0.4, 0.5) is 0 Å². The van der Waals surface area contributed by atoms with Gasteiger partial charge in [-0.3, -0.25) is 0 Å². The van der Waals surface area contributed by atoms with Crippen molar-refractivity contribution in [2.24, 2.45) is 45.3 Å². The van der Waals surface area contributed by atoms with Crippen molar-refractivity contribution in [1.82, 2.24) is 0 Å². The van der Waals surface area contributed by atoms with E-state index in [0.717, 1.165) is 32.1 Å². The number of aliphatic hydroxyl groups excluding tert-OH is 9. The van der Waals surface area contributed by atoms with Crippen molar-refractivity contribution in [2.45, 2.75) is 192 Å². The van der Waals surface area contributed by atoms with Gasteiger partial charge in [0.05, 0.1) is 31.0 Å². The monoisotopic (exact) mass is 784 g/mol. The number of fused-ring (bicyclic) bond motifs is 5. The number of ether oxygens (including phenoxy) is 4. The second kappa shape index (κ2) is 15.7. The molecule has 20 atom stereocenters. The second-order valence-electron chi connectivity index (χ2n) is 20.1. The highest BCUT2D eigenvalue weighted by Crippen LogP contribution is 2.76. The summed E-state index contributed by atoms with van der Waals surface area (Å²) in [5.41, 5.74) is -0.592. The highest BCUT2D eigenvalue weighted by atomic mass is 16.7. The average Bonchev–Trinajstić information content (AvgIpc) is 3.51. The summed E-state index contributed by atoms with van der Waals surface area (Å²) in [6.07, 6.45) is -5.39. The Morgan fingerprint density at radius 2 is 1.27 bits per heavy atom. The third-order valence-electron chi connectivity index (χ3n) is 16.7. The lowest BCUT2D eigenvalue weighted by Gasteiger charge is -2.71. The SMILES string of the molecule is CC(C)=CCCC(C)(O[C@@H]1O[C@H](CO)[C@@H](O)[C@@H](O)[C@H]1O)C1CCC2(C)C1C(O)CC1C3(C)CCC(O[C@@H]4O[C@H](CO)[C@@H](O)[C@@H](O)[C@H]4O)C(C)(C)C3CCC12C. The average molecular weight is 785 g/mol. The Kier molecular flexibility index (Phi) is 12.5. The molecule has 9 N–H and O–H groups in total. The molecule has 10 unspecified atom stereocenters. The summed E-state index contributed by atoms with van der Waals surface area (Å²) in [5.74, 6) is 0.196. The van der Waals surface area contributed by atoms with E-state index in [9.17, 15) is 46.0 Å². The number of hydrogen-bond acceptors (Lipinski definition) is 13. The van der Waals surface area contributed by atoms with Crippen molar-refractivity contribution in [2.75, 3.05) is 13.2 Å². The van der Waals surface area contributed by atoms with E-state index >= 15 is 0 Å². The van der Waals surface area contributed by atoms with Crippen LogP contribution < -0.4 is 0 Å². The molecule has 13 nitrogen and oxygen atoms in total. The van der Waals surface area contributed by atoms with Crippen LogP contribution in [-0.4, -0.2) is 138 Å². The van der Waals surface area contributed by atoms with Crippen LogP contribution in [0.2, 0.25) is 0 Å². The lowest BCUT2D eigenvalue weighted by atomic mass is 9.35. The minimum absolute atomic E-state index is 0.104. The first-order valence-electron chi connectivity index (χ1n) is 20.9. The Hall–Kier alpha value is -0.780. The maximum absolute atomic E-state index is 12.5. The first-order valence-corrected chi connectivity index (χ1v) is 20.9. The molecule has 0 amide bonds. The molecule has 6 fully saturated rings. The zero-order valence-electron chi connectivity index (χ0n) is 34.3. The molecule has 2 heterocycles. The fraction of sp³-hybridized carbons (Fsp3) is 0.952. The highest BCUT2D eigenvalue weighted by molar-refractivity contribution is 5.20. The van der Waals surface area contributed by atoms with E-state index in [-0.39, 0.29) is 51.4 Å². The minimum Gasteiger partial charge on any atom is -0.394 e. The first-order chi connectivity index (χ1) is 25.6. The lowest BCUT2D eigenvalue weighted by molar-refractivity contribution is -0.338. The van der Waals surface area contributed by atoms with E-state index in [1.807, 2.05) is 20.8 Å². The maximum atomic E-state index is 12.5. The largest absolute Gasteiger partial charge is 0.394 e. The van der Waals surface area contributed by atoms with Gasteiger partial charge in [-0.15, -0.1) is 0 Å². The van der Waals surface area contributed by atoms with Crippen LogP contribution in [0, 0.1) is 45.3 Å². The van der Waals surface area contributed by atoms with Gasteiger partial charge in [0.25, 0.3) is 0 Å². The molecule has 0 radical (unpaired) electrons. The molecule has 0 aromatic rings. The maximum Gasteiger partial charge on any atom is 0.187 e. The molecule has 2 aliphatic heterocycles. The Morgan fingerprint density at radius 3 is 1.85 bits per heavy atom. The van der Waals surface area contributed by atoms with Crippen molar-refractivity contribution in [3.05, 3.63) is 11.6 Å². The van der Waals surface area contributed by atoms with Crippen molar-refractivity contribution in [3.8, 4) is 0 Å². The van der Waals surface area contributed by atoms with Crippen LogP contribution in [0.25, 0.3) is 0 Å². The van der Waals surface area contributed by atoms with Crippen LogP contribution in [-0.2, 0) is 18.9 Å².